The highest BCUT2D eigenvalue weighted by Gasteiger charge is 2.12. The maximum atomic E-state index is 11.8. The molecular formula is C15H22ClNO. The van der Waals surface area contributed by atoms with E-state index in [0.29, 0.717) is 18.2 Å². The minimum Gasteiger partial charge on any atom is -0.352 e. The zero-order valence-corrected chi connectivity index (χ0v) is 11.9. The number of hydrogen-bond acceptors (Lipinski definition) is 1. The van der Waals surface area contributed by atoms with Crippen LogP contribution in [-0.4, -0.2) is 17.8 Å². The number of aryl methyl sites for hydroxylation is 1. The predicted molar refractivity (Wildman–Crippen MR) is 76.9 cm³/mol. The Morgan fingerprint density at radius 2 is 1.94 bits per heavy atom. The normalized spacial score (nSPS) is 12.4. The molecule has 0 aliphatic rings. The van der Waals surface area contributed by atoms with Gasteiger partial charge in [0.25, 0.3) is 0 Å². The van der Waals surface area contributed by atoms with Gasteiger partial charge in [-0.25, -0.2) is 0 Å². The van der Waals surface area contributed by atoms with Crippen molar-refractivity contribution in [2.75, 3.05) is 5.88 Å². The minimum absolute atomic E-state index is 0.0881. The van der Waals surface area contributed by atoms with E-state index in [-0.39, 0.29) is 11.9 Å². The first-order chi connectivity index (χ1) is 8.61. The molecule has 0 saturated carbocycles. The molecule has 1 unspecified atom stereocenters. The van der Waals surface area contributed by atoms with Crippen LogP contribution in [0.4, 0.5) is 0 Å². The third-order valence-electron chi connectivity index (χ3n) is 2.79. The molecule has 0 radical (unpaired) electrons. The highest BCUT2D eigenvalue weighted by molar-refractivity contribution is 6.18. The zero-order chi connectivity index (χ0) is 13.4. The fourth-order valence-corrected chi connectivity index (χ4v) is 2.14. The van der Waals surface area contributed by atoms with Gasteiger partial charge >= 0.3 is 0 Å². The molecule has 2 nitrogen and oxygen atoms in total. The Labute approximate surface area is 115 Å². The summed E-state index contributed by atoms with van der Waals surface area (Å²) in [6.07, 6.45) is 2.24. The molecule has 3 heteroatoms. The second-order valence-electron chi connectivity index (χ2n) is 5.03. The molecule has 0 spiro atoms. The molecule has 1 rings (SSSR count). The summed E-state index contributed by atoms with van der Waals surface area (Å²) >= 11 is 5.86. The molecule has 100 valence electrons. The molecular weight excluding hydrogens is 246 g/mol. The van der Waals surface area contributed by atoms with E-state index in [1.807, 2.05) is 30.3 Å². The van der Waals surface area contributed by atoms with E-state index < -0.39 is 0 Å². The highest BCUT2D eigenvalue weighted by atomic mass is 35.5. The lowest BCUT2D eigenvalue weighted by molar-refractivity contribution is -0.121. The molecule has 1 aromatic carbocycles. The molecule has 0 aliphatic heterocycles. The van der Waals surface area contributed by atoms with Crippen molar-refractivity contribution in [1.82, 2.24) is 5.32 Å². The van der Waals surface area contributed by atoms with Crippen LogP contribution in [0.2, 0.25) is 0 Å². The van der Waals surface area contributed by atoms with Crippen LogP contribution in [0.3, 0.4) is 0 Å². The van der Waals surface area contributed by atoms with E-state index >= 15 is 0 Å². The number of alkyl halides is 1. The van der Waals surface area contributed by atoms with Gasteiger partial charge in [0.2, 0.25) is 5.91 Å². The van der Waals surface area contributed by atoms with E-state index in [4.69, 9.17) is 11.6 Å². The molecule has 0 bridgehead atoms. The Morgan fingerprint density at radius 1 is 1.28 bits per heavy atom. The average molecular weight is 268 g/mol. The molecule has 1 atom stereocenters. The maximum absolute atomic E-state index is 11.8. The van der Waals surface area contributed by atoms with Gasteiger partial charge < -0.3 is 5.32 Å². The molecule has 18 heavy (non-hydrogen) atoms. The fourth-order valence-electron chi connectivity index (χ4n) is 1.93. The van der Waals surface area contributed by atoms with Crippen LogP contribution in [0.5, 0.6) is 0 Å². The van der Waals surface area contributed by atoms with Gasteiger partial charge in [0.15, 0.2) is 0 Å². The highest BCUT2D eigenvalue weighted by Crippen LogP contribution is 2.07. The Bertz CT molecular complexity index is 351. The quantitative estimate of drug-likeness (QED) is 0.754. The Kier molecular flexibility index (Phi) is 6.81. The van der Waals surface area contributed by atoms with Gasteiger partial charge in [0.1, 0.15) is 0 Å². The van der Waals surface area contributed by atoms with Crippen LogP contribution in [0.1, 0.15) is 32.3 Å². The first kappa shape index (κ1) is 15.0. The first-order valence-electron chi connectivity index (χ1n) is 6.51. The van der Waals surface area contributed by atoms with Gasteiger partial charge in [0, 0.05) is 18.3 Å². The number of benzene rings is 1. The van der Waals surface area contributed by atoms with Crippen LogP contribution in [-0.2, 0) is 11.2 Å². The van der Waals surface area contributed by atoms with Crippen LogP contribution < -0.4 is 5.32 Å². The Balaban J connectivity index is 2.32. The zero-order valence-electron chi connectivity index (χ0n) is 11.2. The molecule has 1 amide bonds. The number of carbonyl (C=O) groups is 1. The lowest BCUT2D eigenvalue weighted by Gasteiger charge is -2.18. The largest absolute Gasteiger partial charge is 0.352 e. The van der Waals surface area contributed by atoms with Gasteiger partial charge in [0.05, 0.1) is 0 Å². The molecule has 0 aromatic heterocycles. The number of rotatable bonds is 7. The standard InChI is InChI=1S/C15H22ClNO/c1-12(2)10-14(11-16)17-15(18)9-8-13-6-4-3-5-7-13/h3-7,12,14H,8-11H2,1-2H3,(H,17,18). The number of hydrogen-bond donors (Lipinski definition) is 1. The lowest BCUT2D eigenvalue weighted by atomic mass is 10.0. The van der Waals surface area contributed by atoms with Crippen molar-refractivity contribution in [2.24, 2.45) is 5.92 Å². The average Bonchev–Trinajstić information content (AvgIpc) is 2.36. The number of amides is 1. The Hall–Kier alpha value is -1.02. The van der Waals surface area contributed by atoms with Gasteiger partial charge in [-0.15, -0.1) is 11.6 Å². The molecule has 0 fully saturated rings. The van der Waals surface area contributed by atoms with Crippen LogP contribution in [0, 0.1) is 5.92 Å². The summed E-state index contributed by atoms with van der Waals surface area (Å²) in [7, 11) is 0. The van der Waals surface area contributed by atoms with Crippen molar-refractivity contribution < 1.29 is 4.79 Å². The van der Waals surface area contributed by atoms with Crippen LogP contribution >= 0.6 is 11.6 Å². The van der Waals surface area contributed by atoms with Crippen molar-refractivity contribution >= 4 is 17.5 Å². The van der Waals surface area contributed by atoms with Crippen LogP contribution in [0.25, 0.3) is 0 Å². The number of nitrogens with one attached hydrogen (secondary N) is 1. The summed E-state index contributed by atoms with van der Waals surface area (Å²) in [5.74, 6) is 1.11. The van der Waals surface area contributed by atoms with Gasteiger partial charge in [-0.3, -0.25) is 4.79 Å². The lowest BCUT2D eigenvalue weighted by Crippen LogP contribution is -2.37. The summed E-state index contributed by atoms with van der Waals surface area (Å²) in [6, 6.07) is 10.1. The van der Waals surface area contributed by atoms with E-state index in [1.165, 1.54) is 5.56 Å². The van der Waals surface area contributed by atoms with Crippen molar-refractivity contribution in [2.45, 2.75) is 39.2 Å². The van der Waals surface area contributed by atoms with Gasteiger partial charge in [-0.1, -0.05) is 44.2 Å². The van der Waals surface area contributed by atoms with Crippen LogP contribution in [0.15, 0.2) is 30.3 Å². The third kappa shape index (κ3) is 6.06. The van der Waals surface area contributed by atoms with E-state index in [0.717, 1.165) is 12.8 Å². The predicted octanol–water partition coefficient (Wildman–Crippen LogP) is 3.39. The maximum Gasteiger partial charge on any atom is 0.220 e. The smallest absolute Gasteiger partial charge is 0.220 e. The third-order valence-corrected chi connectivity index (χ3v) is 3.16. The van der Waals surface area contributed by atoms with Gasteiger partial charge in [-0.05, 0) is 24.3 Å². The SMILES string of the molecule is CC(C)CC(CCl)NC(=O)CCc1ccccc1. The molecule has 1 aromatic rings. The summed E-state index contributed by atoms with van der Waals surface area (Å²) in [6.45, 7) is 4.27. The summed E-state index contributed by atoms with van der Waals surface area (Å²) < 4.78 is 0. The monoisotopic (exact) mass is 267 g/mol. The van der Waals surface area contributed by atoms with Crippen molar-refractivity contribution in [3.05, 3.63) is 35.9 Å². The molecule has 0 saturated heterocycles. The molecule has 0 aliphatic carbocycles. The topological polar surface area (TPSA) is 29.1 Å². The Morgan fingerprint density at radius 3 is 2.50 bits per heavy atom. The minimum atomic E-state index is 0.0881. The van der Waals surface area contributed by atoms with Crippen molar-refractivity contribution in [3.8, 4) is 0 Å². The number of halogens is 1. The fraction of sp³-hybridized carbons (Fsp3) is 0.533. The van der Waals surface area contributed by atoms with Crippen molar-refractivity contribution in [1.29, 1.82) is 0 Å². The number of carbonyl (C=O) groups excluding carboxylic acids is 1. The van der Waals surface area contributed by atoms with E-state index in [9.17, 15) is 4.79 Å². The molecule has 0 heterocycles. The summed E-state index contributed by atoms with van der Waals surface area (Å²) in [5, 5.41) is 3.00. The molecule has 1 N–H and O–H groups in total. The van der Waals surface area contributed by atoms with Crippen molar-refractivity contribution in [3.63, 3.8) is 0 Å². The second kappa shape index (κ2) is 8.15. The second-order valence-corrected chi connectivity index (χ2v) is 5.34. The summed E-state index contributed by atoms with van der Waals surface area (Å²) in [5.41, 5.74) is 1.19. The van der Waals surface area contributed by atoms with E-state index in [1.54, 1.807) is 0 Å². The van der Waals surface area contributed by atoms with E-state index in [2.05, 4.69) is 19.2 Å². The first-order valence-corrected chi connectivity index (χ1v) is 7.04. The summed E-state index contributed by atoms with van der Waals surface area (Å²) in [4.78, 5) is 11.8. The van der Waals surface area contributed by atoms with Gasteiger partial charge in [-0.2, -0.15) is 0 Å².